The maximum absolute atomic E-state index is 11.7. The van der Waals surface area contributed by atoms with Crippen LogP contribution in [0.3, 0.4) is 0 Å². The van der Waals surface area contributed by atoms with Gasteiger partial charge in [-0.2, -0.15) is 0 Å². The van der Waals surface area contributed by atoms with Crippen LogP contribution in [-0.2, 0) is 18.6 Å². The Kier molecular flexibility index (Phi) is 4.23. The Balaban J connectivity index is 1.70. The lowest BCUT2D eigenvalue weighted by atomic mass is 10.1. The molecular formula is C10H15N4O8P. The molecule has 3 aliphatic rings. The molecule has 5 N–H and O–H groups in total. The van der Waals surface area contributed by atoms with E-state index in [1.807, 2.05) is 0 Å². The van der Waals surface area contributed by atoms with Crippen molar-refractivity contribution in [3.63, 3.8) is 0 Å². The lowest BCUT2D eigenvalue weighted by Gasteiger charge is -2.31. The predicted octanol–water partition coefficient (Wildman–Crippen LogP) is -3.26. The second kappa shape index (κ2) is 5.91. The summed E-state index contributed by atoms with van der Waals surface area (Å²) in [4.78, 5) is 38.4. The number of carbonyl (C=O) groups excluding carboxylic acids is 1. The molecule has 12 nitrogen and oxygen atoms in total. The third kappa shape index (κ3) is 3.15. The number of nitrogens with one attached hydrogen (secondary N) is 1. The summed E-state index contributed by atoms with van der Waals surface area (Å²) in [6.07, 6.45) is -3.31. The summed E-state index contributed by atoms with van der Waals surface area (Å²) in [5, 5.41) is 22.4. The molecule has 0 aromatic heterocycles. The van der Waals surface area contributed by atoms with Crippen LogP contribution < -0.4 is 5.32 Å². The average molecular weight is 350 g/mol. The molecule has 1 fully saturated rings. The molecule has 1 amide bonds. The van der Waals surface area contributed by atoms with E-state index >= 15 is 0 Å². The first-order valence-corrected chi connectivity index (χ1v) is 8.15. The Morgan fingerprint density at radius 2 is 2.09 bits per heavy atom. The second-order valence-electron chi connectivity index (χ2n) is 5.19. The fraction of sp³-hybridized carbons (Fsp3) is 0.700. The van der Waals surface area contributed by atoms with Crippen LogP contribution in [0.15, 0.2) is 9.98 Å². The van der Waals surface area contributed by atoms with Crippen LogP contribution in [0.4, 0.5) is 0 Å². The number of carbonyl (C=O) groups is 1. The van der Waals surface area contributed by atoms with Crippen LogP contribution in [0.2, 0.25) is 0 Å². The number of phosphoric ester groups is 1. The van der Waals surface area contributed by atoms with Gasteiger partial charge in [0.25, 0.3) is 5.91 Å². The zero-order valence-electron chi connectivity index (χ0n) is 11.5. The van der Waals surface area contributed by atoms with Crippen molar-refractivity contribution in [2.24, 2.45) is 9.98 Å². The largest absolute Gasteiger partial charge is 0.469 e. The lowest BCUT2D eigenvalue weighted by molar-refractivity contribution is -0.124. The van der Waals surface area contributed by atoms with Gasteiger partial charge in [-0.25, -0.2) is 9.56 Å². The molecule has 0 bridgehead atoms. The molecule has 0 aliphatic carbocycles. The third-order valence-corrected chi connectivity index (χ3v) is 4.17. The highest BCUT2D eigenvalue weighted by atomic mass is 31.2. The normalized spacial score (nSPS) is 39.7. The van der Waals surface area contributed by atoms with Crippen molar-refractivity contribution in [1.29, 1.82) is 0 Å². The van der Waals surface area contributed by atoms with Gasteiger partial charge in [0.05, 0.1) is 19.3 Å². The van der Waals surface area contributed by atoms with Crippen LogP contribution in [0.1, 0.15) is 0 Å². The molecule has 6 atom stereocenters. The van der Waals surface area contributed by atoms with Crippen molar-refractivity contribution in [2.75, 3.05) is 6.61 Å². The minimum absolute atomic E-state index is 0.363. The van der Waals surface area contributed by atoms with E-state index in [9.17, 15) is 19.6 Å². The van der Waals surface area contributed by atoms with Gasteiger partial charge in [0.2, 0.25) is 0 Å². The molecule has 0 spiro atoms. The summed E-state index contributed by atoms with van der Waals surface area (Å²) in [7, 11) is -4.73. The first-order valence-electron chi connectivity index (χ1n) is 6.62. The van der Waals surface area contributed by atoms with Gasteiger partial charge in [0.15, 0.2) is 18.4 Å². The number of hydrogen-bond donors (Lipinski definition) is 5. The van der Waals surface area contributed by atoms with E-state index in [-0.39, 0.29) is 5.91 Å². The zero-order chi connectivity index (χ0) is 16.8. The quantitative estimate of drug-likeness (QED) is 0.326. The van der Waals surface area contributed by atoms with E-state index in [4.69, 9.17) is 14.5 Å². The Hall–Kier alpha value is -1.40. The van der Waals surface area contributed by atoms with Gasteiger partial charge in [-0.05, 0) is 0 Å². The summed E-state index contributed by atoms with van der Waals surface area (Å²) in [5.41, 5.74) is 0. The predicted molar refractivity (Wildman–Crippen MR) is 73.2 cm³/mol. The highest BCUT2D eigenvalue weighted by molar-refractivity contribution is 7.46. The van der Waals surface area contributed by atoms with Gasteiger partial charge in [0.1, 0.15) is 18.3 Å². The molecule has 128 valence electrons. The summed E-state index contributed by atoms with van der Waals surface area (Å²) in [6.45, 7) is -0.609. The van der Waals surface area contributed by atoms with Gasteiger partial charge in [-0.1, -0.05) is 0 Å². The molecular weight excluding hydrogens is 335 g/mol. The van der Waals surface area contributed by atoms with Crippen LogP contribution in [0.25, 0.3) is 0 Å². The fourth-order valence-corrected chi connectivity index (χ4v) is 2.92. The van der Waals surface area contributed by atoms with Gasteiger partial charge < -0.3 is 35.0 Å². The molecule has 13 heteroatoms. The number of aliphatic hydroxyl groups excluding tert-OH is 2. The SMILES string of the molecule is O=C1NC=N[C@@H]2[C@@H]1N=CN2[C@@H]1O[C@H](COP(=O)(O)O)[C@H](O)[C@@H]1O. The Bertz CT molecular complexity index is 593. The summed E-state index contributed by atoms with van der Waals surface area (Å²) >= 11 is 0. The molecule has 3 rings (SSSR count). The van der Waals surface area contributed by atoms with Crippen LogP contribution >= 0.6 is 7.82 Å². The summed E-state index contributed by atoms with van der Waals surface area (Å²) in [5.74, 6) is -0.363. The number of rotatable bonds is 4. The van der Waals surface area contributed by atoms with E-state index in [1.165, 1.54) is 17.6 Å². The smallest absolute Gasteiger partial charge is 0.387 e. The molecule has 3 aliphatic heterocycles. The number of aliphatic imine (C=N–C) groups is 2. The molecule has 0 aromatic rings. The molecule has 0 unspecified atom stereocenters. The minimum Gasteiger partial charge on any atom is -0.387 e. The highest BCUT2D eigenvalue weighted by Crippen LogP contribution is 2.37. The Morgan fingerprint density at radius 3 is 2.78 bits per heavy atom. The Labute approximate surface area is 129 Å². The maximum Gasteiger partial charge on any atom is 0.469 e. The lowest BCUT2D eigenvalue weighted by Crippen LogP contribution is -2.53. The van der Waals surface area contributed by atoms with Crippen LogP contribution in [-0.4, -0.2) is 86.8 Å². The van der Waals surface area contributed by atoms with Gasteiger partial charge in [0, 0.05) is 0 Å². The van der Waals surface area contributed by atoms with Crippen LogP contribution in [0, 0.1) is 0 Å². The summed E-state index contributed by atoms with van der Waals surface area (Å²) < 4.78 is 20.4. The average Bonchev–Trinajstić information content (AvgIpc) is 3.01. The van der Waals surface area contributed by atoms with Crippen molar-refractivity contribution in [3.05, 3.63) is 0 Å². The Morgan fingerprint density at radius 1 is 1.35 bits per heavy atom. The number of amides is 1. The number of fused-ring (bicyclic) bond motifs is 1. The van der Waals surface area contributed by atoms with E-state index in [0.717, 1.165) is 0 Å². The zero-order valence-corrected chi connectivity index (χ0v) is 12.4. The molecule has 23 heavy (non-hydrogen) atoms. The first kappa shape index (κ1) is 16.5. The highest BCUT2D eigenvalue weighted by Gasteiger charge is 2.50. The van der Waals surface area contributed by atoms with Crippen molar-refractivity contribution in [2.45, 2.75) is 36.7 Å². The standard InChI is InChI=1S/C10H15N4O8P/c15-6-4(1-21-23(18,19)20)22-10(7(6)16)14-3-13-5-8(14)11-2-12-9(5)17/h2-8,10,15-16H,1H2,(H,11,12,17)(H2,18,19,20)/t4-,5+,6+,7+,8+,10-/m1/s1. The molecule has 1 saturated heterocycles. The van der Waals surface area contributed by atoms with Crippen molar-refractivity contribution in [3.8, 4) is 0 Å². The monoisotopic (exact) mass is 350 g/mol. The van der Waals surface area contributed by atoms with Crippen molar-refractivity contribution in [1.82, 2.24) is 10.2 Å². The third-order valence-electron chi connectivity index (χ3n) is 3.69. The van der Waals surface area contributed by atoms with E-state index in [2.05, 4.69) is 19.8 Å². The minimum atomic E-state index is -4.73. The molecule has 0 aromatic carbocycles. The van der Waals surface area contributed by atoms with Crippen LogP contribution in [0.5, 0.6) is 0 Å². The van der Waals surface area contributed by atoms with E-state index < -0.39 is 51.2 Å². The maximum atomic E-state index is 11.7. The van der Waals surface area contributed by atoms with Gasteiger partial charge in [-0.3, -0.25) is 14.3 Å². The van der Waals surface area contributed by atoms with Gasteiger partial charge in [-0.15, -0.1) is 0 Å². The topological polar surface area (TPSA) is 174 Å². The summed E-state index contributed by atoms with van der Waals surface area (Å²) in [6, 6.07) is -0.793. The van der Waals surface area contributed by atoms with E-state index in [0.29, 0.717) is 0 Å². The number of ether oxygens (including phenoxy) is 1. The first-order chi connectivity index (χ1) is 10.8. The fourth-order valence-electron chi connectivity index (χ4n) is 2.58. The number of nitrogens with zero attached hydrogens (tertiary/aromatic N) is 3. The van der Waals surface area contributed by atoms with E-state index in [1.54, 1.807) is 0 Å². The molecule has 0 saturated carbocycles. The van der Waals surface area contributed by atoms with Crippen molar-refractivity contribution < 1.29 is 38.6 Å². The molecule has 3 heterocycles. The number of hydrogen-bond acceptors (Lipinski definition) is 9. The second-order valence-corrected chi connectivity index (χ2v) is 6.43. The molecule has 0 radical (unpaired) electrons. The number of aliphatic hydroxyl groups is 2. The van der Waals surface area contributed by atoms with Gasteiger partial charge >= 0.3 is 7.82 Å². The number of phosphoric acid groups is 1. The van der Waals surface area contributed by atoms with Crippen molar-refractivity contribution >= 4 is 26.4 Å².